The van der Waals surface area contributed by atoms with Crippen LogP contribution in [0.3, 0.4) is 0 Å². The van der Waals surface area contributed by atoms with Crippen LogP contribution < -0.4 is 14.8 Å². The van der Waals surface area contributed by atoms with E-state index in [1.165, 1.54) is 13.1 Å². The van der Waals surface area contributed by atoms with Gasteiger partial charge in [-0.15, -0.1) is 0 Å². The summed E-state index contributed by atoms with van der Waals surface area (Å²) in [6, 6.07) is 7.28. The van der Waals surface area contributed by atoms with E-state index in [1.807, 2.05) is 18.2 Å². The first-order valence-electron chi connectivity index (χ1n) is 6.99. The molecule has 114 valence electrons. The first kappa shape index (κ1) is 14.2. The maximum atomic E-state index is 12.0. The van der Waals surface area contributed by atoms with E-state index >= 15 is 0 Å². The second-order valence-corrected chi connectivity index (χ2v) is 5.05. The van der Waals surface area contributed by atoms with Gasteiger partial charge in [-0.25, -0.2) is 0 Å². The van der Waals surface area contributed by atoms with Crippen molar-refractivity contribution >= 4 is 11.7 Å². The lowest BCUT2D eigenvalue weighted by atomic mass is 10.1. The molecule has 0 fully saturated rings. The van der Waals surface area contributed by atoms with Crippen LogP contribution in [0.5, 0.6) is 11.5 Å². The van der Waals surface area contributed by atoms with Gasteiger partial charge in [0.05, 0.1) is 0 Å². The number of Topliss-reactive ketones (excluding diaryl/α,β-unsaturated/α-hetero) is 1. The summed E-state index contributed by atoms with van der Waals surface area (Å²) >= 11 is 0. The smallest absolute Gasteiger partial charge is 0.267 e. The number of ether oxygens (including phenoxy) is 2. The molecule has 2 N–H and O–H groups in total. The lowest BCUT2D eigenvalue weighted by molar-refractivity contribution is 0.0949. The van der Waals surface area contributed by atoms with Crippen molar-refractivity contribution in [3.05, 3.63) is 47.3 Å². The predicted octanol–water partition coefficient (Wildman–Crippen LogP) is 1.92. The third kappa shape index (κ3) is 2.95. The topological polar surface area (TPSA) is 80.4 Å². The van der Waals surface area contributed by atoms with Crippen LogP contribution in [0.1, 0.15) is 33.3 Å². The van der Waals surface area contributed by atoms with Crippen molar-refractivity contribution in [2.45, 2.75) is 13.3 Å². The van der Waals surface area contributed by atoms with E-state index in [0.717, 1.165) is 17.1 Å². The molecule has 6 nitrogen and oxygen atoms in total. The van der Waals surface area contributed by atoms with Gasteiger partial charge in [0.2, 0.25) is 6.79 Å². The highest BCUT2D eigenvalue weighted by atomic mass is 16.7. The average Bonchev–Trinajstić information content (AvgIpc) is 3.16. The highest BCUT2D eigenvalue weighted by Gasteiger charge is 2.13. The monoisotopic (exact) mass is 300 g/mol. The third-order valence-corrected chi connectivity index (χ3v) is 3.47. The molecule has 1 aromatic heterocycles. The summed E-state index contributed by atoms with van der Waals surface area (Å²) in [6.45, 7) is 2.21. The minimum Gasteiger partial charge on any atom is -0.454 e. The third-order valence-electron chi connectivity index (χ3n) is 3.47. The second kappa shape index (κ2) is 5.93. The zero-order valence-electron chi connectivity index (χ0n) is 12.1. The molecule has 1 amide bonds. The van der Waals surface area contributed by atoms with Gasteiger partial charge in [0.25, 0.3) is 5.91 Å². The van der Waals surface area contributed by atoms with Crippen molar-refractivity contribution in [3.63, 3.8) is 0 Å². The number of hydrogen-bond acceptors (Lipinski definition) is 4. The number of hydrogen-bond donors (Lipinski definition) is 2. The van der Waals surface area contributed by atoms with Crippen LogP contribution in [0.25, 0.3) is 0 Å². The van der Waals surface area contributed by atoms with Gasteiger partial charge in [-0.2, -0.15) is 0 Å². The lowest BCUT2D eigenvalue weighted by Gasteiger charge is -2.05. The van der Waals surface area contributed by atoms with Crippen molar-refractivity contribution < 1.29 is 19.1 Å². The minimum atomic E-state index is -0.228. The molecule has 1 aromatic carbocycles. The van der Waals surface area contributed by atoms with E-state index in [1.54, 1.807) is 6.07 Å². The standard InChI is InChI=1S/C16H16N2O4/c1-10(19)12-7-13(18-8-12)16(20)17-5-4-11-2-3-14-15(6-11)22-9-21-14/h2-3,6-8,18H,4-5,9H2,1H3,(H,17,20). The van der Waals surface area contributed by atoms with Crippen LogP contribution in [-0.4, -0.2) is 30.0 Å². The average molecular weight is 300 g/mol. The molecule has 0 radical (unpaired) electrons. The Hall–Kier alpha value is -2.76. The molecule has 0 atom stereocenters. The Morgan fingerprint density at radius 2 is 2.05 bits per heavy atom. The van der Waals surface area contributed by atoms with E-state index in [0.29, 0.717) is 24.2 Å². The number of aromatic nitrogens is 1. The first-order chi connectivity index (χ1) is 10.6. The van der Waals surface area contributed by atoms with Crippen LogP contribution in [0.4, 0.5) is 0 Å². The van der Waals surface area contributed by atoms with Crippen molar-refractivity contribution in [1.29, 1.82) is 0 Å². The zero-order chi connectivity index (χ0) is 15.5. The van der Waals surface area contributed by atoms with Gasteiger partial charge in [-0.05, 0) is 37.1 Å². The quantitative estimate of drug-likeness (QED) is 0.827. The number of carbonyl (C=O) groups excluding carboxylic acids is 2. The number of fused-ring (bicyclic) bond motifs is 1. The van der Waals surface area contributed by atoms with E-state index < -0.39 is 0 Å². The van der Waals surface area contributed by atoms with Gasteiger partial charge < -0.3 is 19.8 Å². The number of ketones is 1. The summed E-state index contributed by atoms with van der Waals surface area (Å²) < 4.78 is 10.6. The molecule has 0 unspecified atom stereocenters. The molecule has 1 aliphatic rings. The maximum absolute atomic E-state index is 12.0. The highest BCUT2D eigenvalue weighted by Crippen LogP contribution is 2.32. The summed E-state index contributed by atoms with van der Waals surface area (Å²) in [5, 5.41) is 2.81. The Bertz CT molecular complexity index is 721. The van der Waals surface area contributed by atoms with Crippen LogP contribution >= 0.6 is 0 Å². The van der Waals surface area contributed by atoms with Gasteiger partial charge in [0.15, 0.2) is 17.3 Å². The minimum absolute atomic E-state index is 0.0735. The SMILES string of the molecule is CC(=O)c1c[nH]c(C(=O)NCCc2ccc3c(c2)OCO3)c1. The van der Waals surface area contributed by atoms with Gasteiger partial charge in [0.1, 0.15) is 5.69 Å². The van der Waals surface area contributed by atoms with Crippen LogP contribution in [-0.2, 0) is 6.42 Å². The number of aromatic amines is 1. The van der Waals surface area contributed by atoms with Crippen molar-refractivity contribution in [3.8, 4) is 11.5 Å². The van der Waals surface area contributed by atoms with Crippen LogP contribution in [0, 0.1) is 0 Å². The molecule has 0 aliphatic carbocycles. The number of benzene rings is 1. The Morgan fingerprint density at radius 1 is 1.23 bits per heavy atom. The fourth-order valence-corrected chi connectivity index (χ4v) is 2.24. The molecule has 0 saturated carbocycles. The largest absolute Gasteiger partial charge is 0.454 e. The van der Waals surface area contributed by atoms with Gasteiger partial charge in [0, 0.05) is 18.3 Å². The molecule has 1 aliphatic heterocycles. The zero-order valence-corrected chi connectivity index (χ0v) is 12.1. The van der Waals surface area contributed by atoms with E-state index in [4.69, 9.17) is 9.47 Å². The Morgan fingerprint density at radius 3 is 2.82 bits per heavy atom. The molecule has 0 saturated heterocycles. The highest BCUT2D eigenvalue weighted by molar-refractivity contribution is 5.99. The Labute approximate surface area is 127 Å². The number of rotatable bonds is 5. The van der Waals surface area contributed by atoms with Gasteiger partial charge >= 0.3 is 0 Å². The lowest BCUT2D eigenvalue weighted by Crippen LogP contribution is -2.25. The summed E-state index contributed by atoms with van der Waals surface area (Å²) in [5.41, 5.74) is 1.94. The number of nitrogens with one attached hydrogen (secondary N) is 2. The first-order valence-corrected chi connectivity index (χ1v) is 6.99. The molecular formula is C16H16N2O4. The fraction of sp³-hybridized carbons (Fsp3) is 0.250. The molecule has 6 heteroatoms. The maximum Gasteiger partial charge on any atom is 0.267 e. The molecule has 0 spiro atoms. The summed E-state index contributed by atoms with van der Waals surface area (Å²) in [7, 11) is 0. The normalized spacial score (nSPS) is 12.2. The summed E-state index contributed by atoms with van der Waals surface area (Å²) in [6.07, 6.45) is 2.22. The van der Waals surface area contributed by atoms with Crippen molar-refractivity contribution in [2.75, 3.05) is 13.3 Å². The Balaban J connectivity index is 1.54. The fourth-order valence-electron chi connectivity index (χ4n) is 2.24. The second-order valence-electron chi connectivity index (χ2n) is 5.05. The number of H-pyrrole nitrogens is 1. The predicted molar refractivity (Wildman–Crippen MR) is 79.4 cm³/mol. The number of amides is 1. The van der Waals surface area contributed by atoms with Crippen LogP contribution in [0.15, 0.2) is 30.5 Å². The van der Waals surface area contributed by atoms with Crippen molar-refractivity contribution in [1.82, 2.24) is 10.3 Å². The molecule has 2 heterocycles. The molecule has 2 aromatic rings. The summed E-state index contributed by atoms with van der Waals surface area (Å²) in [4.78, 5) is 26.0. The van der Waals surface area contributed by atoms with Crippen LogP contribution in [0.2, 0.25) is 0 Å². The number of carbonyl (C=O) groups is 2. The van der Waals surface area contributed by atoms with E-state index in [9.17, 15) is 9.59 Å². The molecule has 0 bridgehead atoms. The van der Waals surface area contributed by atoms with E-state index in [2.05, 4.69) is 10.3 Å². The molecular weight excluding hydrogens is 284 g/mol. The molecule has 22 heavy (non-hydrogen) atoms. The van der Waals surface area contributed by atoms with Crippen molar-refractivity contribution in [2.24, 2.45) is 0 Å². The van der Waals surface area contributed by atoms with Gasteiger partial charge in [-0.1, -0.05) is 6.07 Å². The van der Waals surface area contributed by atoms with E-state index in [-0.39, 0.29) is 18.5 Å². The molecule has 3 rings (SSSR count). The Kier molecular flexibility index (Phi) is 3.82. The summed E-state index contributed by atoms with van der Waals surface area (Å²) in [5.74, 6) is 1.18. The van der Waals surface area contributed by atoms with Gasteiger partial charge in [-0.3, -0.25) is 9.59 Å².